The van der Waals surface area contributed by atoms with Crippen LogP contribution in [0.1, 0.15) is 29.7 Å². The number of pyridine rings is 1. The Balaban J connectivity index is 0.000000494. The predicted molar refractivity (Wildman–Crippen MR) is 134 cm³/mol. The highest BCUT2D eigenvalue weighted by Gasteiger charge is 2.48. The standard InChI is InChI=1S/C22H19ClF2N2O4.C4H6O3/c1-13-8-19(31-12-15-4-5-16(24)9-18(15)25)21(23)22(30)27(13)10-14-2-6-17(7-3-14)26-20(29)11-28;5-3(6)4(7)1-2-4/h2-9,28H,10-12H2,1H3,(H,26,29);7H,1-2H2,(H,5,6). The minimum Gasteiger partial charge on any atom is -0.487 e. The van der Waals surface area contributed by atoms with E-state index in [9.17, 15) is 23.2 Å². The van der Waals surface area contributed by atoms with Crippen molar-refractivity contribution in [2.45, 2.75) is 38.5 Å². The topological polar surface area (TPSA) is 138 Å². The van der Waals surface area contributed by atoms with Crippen molar-refractivity contribution < 1.29 is 38.4 Å². The van der Waals surface area contributed by atoms with Crippen LogP contribution in [0, 0.1) is 18.6 Å². The van der Waals surface area contributed by atoms with Gasteiger partial charge in [-0.1, -0.05) is 23.7 Å². The monoisotopic (exact) mass is 550 g/mol. The summed E-state index contributed by atoms with van der Waals surface area (Å²) in [6.45, 7) is 1.11. The number of carboxylic acids is 1. The first kappa shape index (κ1) is 28.8. The number of carbonyl (C=O) groups excluding carboxylic acids is 1. The molecule has 0 aliphatic heterocycles. The van der Waals surface area contributed by atoms with Crippen molar-refractivity contribution in [2.75, 3.05) is 11.9 Å². The summed E-state index contributed by atoms with van der Waals surface area (Å²) in [4.78, 5) is 33.8. The van der Waals surface area contributed by atoms with E-state index in [1.807, 2.05) is 0 Å². The van der Waals surface area contributed by atoms with Crippen LogP contribution >= 0.6 is 11.6 Å². The van der Waals surface area contributed by atoms with Crippen molar-refractivity contribution in [3.05, 3.63) is 92.4 Å². The summed E-state index contributed by atoms with van der Waals surface area (Å²) in [5, 5.41) is 27.8. The average Bonchev–Trinajstić information content (AvgIpc) is 3.64. The molecule has 1 aromatic heterocycles. The molecule has 202 valence electrons. The molecule has 1 aliphatic rings. The number of carbonyl (C=O) groups is 2. The summed E-state index contributed by atoms with van der Waals surface area (Å²) in [6, 6.07) is 11.5. The van der Waals surface area contributed by atoms with E-state index in [1.165, 1.54) is 10.6 Å². The molecule has 0 bridgehead atoms. The Hall–Kier alpha value is -3.80. The maximum Gasteiger partial charge on any atom is 0.335 e. The van der Waals surface area contributed by atoms with Crippen LogP contribution in [0.15, 0.2) is 53.3 Å². The molecular formula is C26H25ClF2N2O7. The normalized spacial score (nSPS) is 13.2. The number of aryl methyl sites for hydroxylation is 1. The van der Waals surface area contributed by atoms with E-state index < -0.39 is 41.3 Å². The molecule has 0 spiro atoms. The number of hydrogen-bond donors (Lipinski definition) is 4. The van der Waals surface area contributed by atoms with Crippen molar-refractivity contribution in [1.82, 2.24) is 4.57 Å². The quantitative estimate of drug-likeness (QED) is 0.338. The third-order valence-electron chi connectivity index (χ3n) is 5.66. The Labute approximate surface area is 220 Å². The van der Waals surface area contributed by atoms with Gasteiger partial charge in [0.15, 0.2) is 5.60 Å². The molecule has 0 atom stereocenters. The Morgan fingerprint density at radius 3 is 2.32 bits per heavy atom. The predicted octanol–water partition coefficient (Wildman–Crippen LogP) is 3.24. The zero-order chi connectivity index (χ0) is 28.0. The van der Waals surface area contributed by atoms with Gasteiger partial charge in [-0.2, -0.15) is 0 Å². The molecule has 0 unspecified atom stereocenters. The van der Waals surface area contributed by atoms with E-state index in [2.05, 4.69) is 5.32 Å². The highest BCUT2D eigenvalue weighted by Crippen LogP contribution is 2.34. The number of aliphatic hydroxyl groups excluding tert-OH is 1. The molecule has 0 radical (unpaired) electrons. The third-order valence-corrected chi connectivity index (χ3v) is 6.00. The first-order chi connectivity index (χ1) is 17.9. The number of amides is 1. The summed E-state index contributed by atoms with van der Waals surface area (Å²) in [7, 11) is 0. The molecule has 1 saturated carbocycles. The molecule has 1 fully saturated rings. The number of aromatic nitrogens is 1. The SMILES string of the molecule is Cc1cc(OCc2ccc(F)cc2F)c(Cl)c(=O)n1Cc1ccc(NC(=O)CO)cc1.O=C(O)C1(O)CC1. The van der Waals surface area contributed by atoms with E-state index in [4.69, 9.17) is 31.7 Å². The van der Waals surface area contributed by atoms with Crippen LogP contribution in [0.4, 0.5) is 14.5 Å². The largest absolute Gasteiger partial charge is 0.487 e. The number of ether oxygens (including phenoxy) is 1. The number of anilines is 1. The Bertz CT molecular complexity index is 1390. The molecule has 1 aliphatic carbocycles. The van der Waals surface area contributed by atoms with Crippen molar-refractivity contribution in [3.63, 3.8) is 0 Å². The molecule has 0 saturated heterocycles. The van der Waals surface area contributed by atoms with Gasteiger partial charge in [-0.15, -0.1) is 0 Å². The van der Waals surface area contributed by atoms with Gasteiger partial charge in [0.2, 0.25) is 5.91 Å². The number of rotatable bonds is 8. The molecule has 4 N–H and O–H groups in total. The Morgan fingerprint density at radius 2 is 1.79 bits per heavy atom. The second-order valence-corrected chi connectivity index (χ2v) is 9.00. The number of aliphatic hydroxyl groups is 2. The van der Waals surface area contributed by atoms with Crippen LogP contribution in [0.2, 0.25) is 5.02 Å². The maximum absolute atomic E-state index is 13.8. The minimum absolute atomic E-state index is 0.103. The molecular weight excluding hydrogens is 526 g/mol. The molecule has 3 aromatic rings. The van der Waals surface area contributed by atoms with Crippen LogP contribution in [-0.4, -0.2) is 44.0 Å². The second kappa shape index (κ2) is 12.2. The summed E-state index contributed by atoms with van der Waals surface area (Å²) in [5.74, 6) is -2.96. The van der Waals surface area contributed by atoms with E-state index in [0.29, 0.717) is 24.2 Å². The summed E-state index contributed by atoms with van der Waals surface area (Å²) >= 11 is 6.18. The van der Waals surface area contributed by atoms with Gasteiger partial charge >= 0.3 is 5.97 Å². The fraction of sp³-hybridized carbons (Fsp3) is 0.269. The van der Waals surface area contributed by atoms with Crippen molar-refractivity contribution in [3.8, 4) is 5.75 Å². The number of carboxylic acid groups (broad SMARTS) is 1. The van der Waals surface area contributed by atoms with Crippen LogP contribution in [-0.2, 0) is 22.7 Å². The van der Waals surface area contributed by atoms with Crippen LogP contribution in [0.5, 0.6) is 5.75 Å². The number of nitrogens with zero attached hydrogens (tertiary/aromatic N) is 1. The van der Waals surface area contributed by atoms with E-state index in [-0.39, 0.29) is 29.5 Å². The van der Waals surface area contributed by atoms with Gasteiger partial charge in [0, 0.05) is 29.1 Å². The fourth-order valence-corrected chi connectivity index (χ4v) is 3.43. The van der Waals surface area contributed by atoms with Gasteiger partial charge < -0.3 is 29.9 Å². The van der Waals surface area contributed by atoms with Crippen LogP contribution < -0.4 is 15.6 Å². The number of benzene rings is 2. The number of nitrogens with one attached hydrogen (secondary N) is 1. The van der Waals surface area contributed by atoms with Gasteiger partial charge in [-0.05, 0) is 49.6 Å². The lowest BCUT2D eigenvalue weighted by atomic mass is 10.2. The Kier molecular flexibility index (Phi) is 9.21. The third kappa shape index (κ3) is 7.37. The molecule has 12 heteroatoms. The minimum atomic E-state index is -1.33. The maximum atomic E-state index is 13.8. The molecule has 1 heterocycles. The van der Waals surface area contributed by atoms with Crippen LogP contribution in [0.3, 0.4) is 0 Å². The lowest BCUT2D eigenvalue weighted by Gasteiger charge is -2.15. The fourth-order valence-electron chi connectivity index (χ4n) is 3.22. The summed E-state index contributed by atoms with van der Waals surface area (Å²) in [6.07, 6.45) is 0.838. The zero-order valence-corrected chi connectivity index (χ0v) is 21.0. The lowest BCUT2D eigenvalue weighted by molar-refractivity contribution is -0.149. The second-order valence-electron chi connectivity index (χ2n) is 8.62. The first-order valence-corrected chi connectivity index (χ1v) is 11.7. The van der Waals surface area contributed by atoms with E-state index in [1.54, 1.807) is 37.3 Å². The number of halogens is 3. The molecule has 4 rings (SSSR count). The van der Waals surface area contributed by atoms with Crippen molar-refractivity contribution in [2.24, 2.45) is 0 Å². The molecule has 2 aromatic carbocycles. The van der Waals surface area contributed by atoms with E-state index >= 15 is 0 Å². The van der Waals surface area contributed by atoms with Crippen molar-refractivity contribution >= 4 is 29.2 Å². The lowest BCUT2D eigenvalue weighted by Crippen LogP contribution is -2.24. The van der Waals surface area contributed by atoms with Crippen LogP contribution in [0.25, 0.3) is 0 Å². The summed E-state index contributed by atoms with van der Waals surface area (Å²) < 4.78 is 33.8. The van der Waals surface area contributed by atoms with E-state index in [0.717, 1.165) is 17.7 Å². The highest BCUT2D eigenvalue weighted by molar-refractivity contribution is 6.31. The average molecular weight is 551 g/mol. The number of aliphatic carboxylic acids is 1. The number of hydrogen-bond acceptors (Lipinski definition) is 6. The van der Waals surface area contributed by atoms with Gasteiger partial charge in [0.1, 0.15) is 35.6 Å². The van der Waals surface area contributed by atoms with Gasteiger partial charge in [0.05, 0.1) is 6.54 Å². The molecule has 9 nitrogen and oxygen atoms in total. The summed E-state index contributed by atoms with van der Waals surface area (Å²) in [5.41, 5.74) is 0.190. The highest BCUT2D eigenvalue weighted by atomic mass is 35.5. The van der Waals surface area contributed by atoms with Gasteiger partial charge in [0.25, 0.3) is 5.56 Å². The Morgan fingerprint density at radius 1 is 1.13 bits per heavy atom. The van der Waals surface area contributed by atoms with Gasteiger partial charge in [-0.25, -0.2) is 13.6 Å². The first-order valence-electron chi connectivity index (χ1n) is 11.4. The smallest absolute Gasteiger partial charge is 0.335 e. The molecule has 1 amide bonds. The zero-order valence-electron chi connectivity index (χ0n) is 20.2. The van der Waals surface area contributed by atoms with Crippen molar-refractivity contribution in [1.29, 1.82) is 0 Å². The molecule has 38 heavy (non-hydrogen) atoms. The van der Waals surface area contributed by atoms with Gasteiger partial charge in [-0.3, -0.25) is 9.59 Å².